The average molecular weight is 273 g/mol. The Morgan fingerprint density at radius 1 is 1.39 bits per heavy atom. The summed E-state index contributed by atoms with van der Waals surface area (Å²) in [4.78, 5) is 22.9. The molecule has 1 rings (SSSR count). The molecular weight excluding hydrogens is 250 g/mol. The lowest BCUT2D eigenvalue weighted by Crippen LogP contribution is -2.37. The molecule has 0 aromatic heterocycles. The minimum atomic E-state index is -0.761. The van der Waals surface area contributed by atoms with Gasteiger partial charge in [-0.15, -0.1) is 0 Å². The second kappa shape index (κ2) is 7.67. The van der Waals surface area contributed by atoms with Crippen molar-refractivity contribution in [3.63, 3.8) is 0 Å². The average Bonchev–Trinajstić information content (AvgIpc) is 2.36. The standard InChI is InChI=1S/C13H23NO3S/c1-9(8-18-2)7-14-12(15)10-4-3-5-11(6-10)13(16)17/h9-11H,3-8H2,1-2H3,(H,14,15)(H,16,17). The van der Waals surface area contributed by atoms with E-state index in [-0.39, 0.29) is 17.7 Å². The van der Waals surface area contributed by atoms with E-state index in [1.807, 2.05) is 0 Å². The van der Waals surface area contributed by atoms with Gasteiger partial charge in [-0.25, -0.2) is 0 Å². The molecule has 4 nitrogen and oxygen atoms in total. The van der Waals surface area contributed by atoms with E-state index in [0.29, 0.717) is 25.3 Å². The first kappa shape index (κ1) is 15.3. The molecule has 3 atom stereocenters. The van der Waals surface area contributed by atoms with E-state index in [1.54, 1.807) is 11.8 Å². The van der Waals surface area contributed by atoms with Gasteiger partial charge in [0.1, 0.15) is 0 Å². The molecule has 1 saturated carbocycles. The van der Waals surface area contributed by atoms with Gasteiger partial charge in [0.2, 0.25) is 5.91 Å². The Morgan fingerprint density at radius 2 is 2.06 bits per heavy atom. The van der Waals surface area contributed by atoms with Crippen molar-refractivity contribution >= 4 is 23.6 Å². The normalized spacial score (nSPS) is 25.4. The zero-order chi connectivity index (χ0) is 13.5. The summed E-state index contributed by atoms with van der Waals surface area (Å²) in [6.45, 7) is 2.80. The van der Waals surface area contributed by atoms with Gasteiger partial charge in [0, 0.05) is 12.5 Å². The molecule has 0 heterocycles. The van der Waals surface area contributed by atoms with E-state index < -0.39 is 5.97 Å². The van der Waals surface area contributed by atoms with Crippen LogP contribution in [0.25, 0.3) is 0 Å². The second-order valence-electron chi connectivity index (χ2n) is 5.20. The van der Waals surface area contributed by atoms with Gasteiger partial charge in [0.15, 0.2) is 0 Å². The third-order valence-corrected chi connectivity index (χ3v) is 4.37. The number of thioether (sulfide) groups is 1. The van der Waals surface area contributed by atoms with Crippen molar-refractivity contribution in [1.29, 1.82) is 0 Å². The Kier molecular flexibility index (Phi) is 6.54. The fourth-order valence-electron chi connectivity index (χ4n) is 2.41. The van der Waals surface area contributed by atoms with Gasteiger partial charge in [0.05, 0.1) is 5.92 Å². The van der Waals surface area contributed by atoms with Crippen molar-refractivity contribution in [1.82, 2.24) is 5.32 Å². The van der Waals surface area contributed by atoms with Crippen LogP contribution in [-0.4, -0.2) is 35.5 Å². The summed E-state index contributed by atoms with van der Waals surface area (Å²) in [7, 11) is 0. The van der Waals surface area contributed by atoms with Crippen LogP contribution in [0.2, 0.25) is 0 Å². The molecule has 5 heteroatoms. The third kappa shape index (κ3) is 4.88. The molecule has 1 aliphatic carbocycles. The molecule has 0 aliphatic heterocycles. The first-order valence-corrected chi connectivity index (χ1v) is 7.93. The van der Waals surface area contributed by atoms with E-state index in [0.717, 1.165) is 18.6 Å². The smallest absolute Gasteiger partial charge is 0.306 e. The van der Waals surface area contributed by atoms with Crippen LogP contribution in [0.1, 0.15) is 32.6 Å². The summed E-state index contributed by atoms with van der Waals surface area (Å²) in [5, 5.41) is 11.9. The van der Waals surface area contributed by atoms with Gasteiger partial charge in [-0.1, -0.05) is 13.3 Å². The van der Waals surface area contributed by atoms with Gasteiger partial charge in [-0.3, -0.25) is 9.59 Å². The number of aliphatic carboxylic acids is 1. The molecule has 104 valence electrons. The van der Waals surface area contributed by atoms with E-state index in [9.17, 15) is 9.59 Å². The highest BCUT2D eigenvalue weighted by Gasteiger charge is 2.30. The van der Waals surface area contributed by atoms with E-state index in [1.165, 1.54) is 0 Å². The predicted octanol–water partition coefficient (Wildman–Crippen LogP) is 1.99. The Balaban J connectivity index is 2.34. The number of nitrogens with one attached hydrogen (secondary N) is 1. The molecular formula is C13H23NO3S. The Hall–Kier alpha value is -0.710. The fourth-order valence-corrected chi connectivity index (χ4v) is 3.10. The van der Waals surface area contributed by atoms with Crippen LogP contribution in [0.15, 0.2) is 0 Å². The van der Waals surface area contributed by atoms with Crippen LogP contribution in [0.5, 0.6) is 0 Å². The van der Waals surface area contributed by atoms with Gasteiger partial charge in [0.25, 0.3) is 0 Å². The number of carbonyl (C=O) groups excluding carboxylic acids is 1. The zero-order valence-electron chi connectivity index (χ0n) is 11.1. The fraction of sp³-hybridized carbons (Fsp3) is 0.846. The molecule has 0 bridgehead atoms. The van der Waals surface area contributed by atoms with Crippen molar-refractivity contribution in [3.8, 4) is 0 Å². The Bertz CT molecular complexity index is 296. The van der Waals surface area contributed by atoms with Crippen molar-refractivity contribution in [2.75, 3.05) is 18.6 Å². The SMILES string of the molecule is CSCC(C)CNC(=O)C1CCCC(C(=O)O)C1. The summed E-state index contributed by atoms with van der Waals surface area (Å²) in [6, 6.07) is 0. The number of carboxylic acid groups (broad SMARTS) is 1. The number of hydrogen-bond donors (Lipinski definition) is 2. The number of rotatable bonds is 6. The third-order valence-electron chi connectivity index (χ3n) is 3.47. The van der Waals surface area contributed by atoms with E-state index >= 15 is 0 Å². The lowest BCUT2D eigenvalue weighted by atomic mass is 9.81. The number of amides is 1. The minimum Gasteiger partial charge on any atom is -0.481 e. The quantitative estimate of drug-likeness (QED) is 0.776. The molecule has 1 fully saturated rings. The summed E-state index contributed by atoms with van der Waals surface area (Å²) in [6.07, 6.45) is 4.93. The van der Waals surface area contributed by atoms with Gasteiger partial charge in [-0.2, -0.15) is 11.8 Å². The molecule has 1 aliphatic rings. The summed E-state index contributed by atoms with van der Waals surface area (Å²) >= 11 is 1.77. The number of carboxylic acids is 1. The molecule has 0 radical (unpaired) electrons. The highest BCUT2D eigenvalue weighted by molar-refractivity contribution is 7.98. The lowest BCUT2D eigenvalue weighted by Gasteiger charge is -2.26. The predicted molar refractivity (Wildman–Crippen MR) is 73.6 cm³/mol. The Morgan fingerprint density at radius 3 is 2.67 bits per heavy atom. The minimum absolute atomic E-state index is 0.0360. The summed E-state index contributed by atoms with van der Waals surface area (Å²) < 4.78 is 0. The maximum absolute atomic E-state index is 12.0. The zero-order valence-corrected chi connectivity index (χ0v) is 12.0. The molecule has 0 saturated heterocycles. The van der Waals surface area contributed by atoms with Gasteiger partial charge >= 0.3 is 5.97 Å². The maximum Gasteiger partial charge on any atom is 0.306 e. The van der Waals surface area contributed by atoms with Crippen molar-refractivity contribution in [2.24, 2.45) is 17.8 Å². The maximum atomic E-state index is 12.0. The van der Waals surface area contributed by atoms with Gasteiger partial charge in [-0.05, 0) is 37.2 Å². The molecule has 0 aromatic rings. The van der Waals surface area contributed by atoms with E-state index in [4.69, 9.17) is 5.11 Å². The molecule has 0 aromatic carbocycles. The first-order valence-electron chi connectivity index (χ1n) is 6.54. The van der Waals surface area contributed by atoms with Gasteiger partial charge < -0.3 is 10.4 Å². The highest BCUT2D eigenvalue weighted by atomic mass is 32.2. The molecule has 1 amide bonds. The first-order chi connectivity index (χ1) is 8.54. The largest absolute Gasteiger partial charge is 0.481 e. The van der Waals surface area contributed by atoms with Crippen molar-refractivity contribution < 1.29 is 14.7 Å². The van der Waals surface area contributed by atoms with Crippen LogP contribution in [-0.2, 0) is 9.59 Å². The summed E-state index contributed by atoms with van der Waals surface area (Å²) in [5.41, 5.74) is 0. The number of carbonyl (C=O) groups is 2. The van der Waals surface area contributed by atoms with Crippen LogP contribution < -0.4 is 5.32 Å². The van der Waals surface area contributed by atoms with Crippen LogP contribution in [0, 0.1) is 17.8 Å². The van der Waals surface area contributed by atoms with Crippen LogP contribution in [0.4, 0.5) is 0 Å². The Labute approximate surface area is 113 Å². The van der Waals surface area contributed by atoms with Crippen molar-refractivity contribution in [2.45, 2.75) is 32.6 Å². The second-order valence-corrected chi connectivity index (χ2v) is 6.12. The molecule has 0 spiro atoms. The molecule has 2 N–H and O–H groups in total. The number of hydrogen-bond acceptors (Lipinski definition) is 3. The molecule has 3 unspecified atom stereocenters. The lowest BCUT2D eigenvalue weighted by molar-refractivity contribution is -0.144. The molecule has 18 heavy (non-hydrogen) atoms. The summed E-state index contributed by atoms with van der Waals surface area (Å²) in [5.74, 6) is 0.322. The highest BCUT2D eigenvalue weighted by Crippen LogP contribution is 2.29. The topological polar surface area (TPSA) is 66.4 Å². The van der Waals surface area contributed by atoms with Crippen LogP contribution in [0.3, 0.4) is 0 Å². The van der Waals surface area contributed by atoms with Crippen molar-refractivity contribution in [3.05, 3.63) is 0 Å². The van der Waals surface area contributed by atoms with E-state index in [2.05, 4.69) is 18.5 Å². The van der Waals surface area contributed by atoms with Crippen LogP contribution >= 0.6 is 11.8 Å². The monoisotopic (exact) mass is 273 g/mol.